The van der Waals surface area contributed by atoms with Crippen LogP contribution in [0.15, 0.2) is 40.9 Å². The normalized spacial score (nSPS) is 10.3. The molecule has 4 nitrogen and oxygen atoms in total. The molecule has 0 atom stereocenters. The maximum absolute atomic E-state index is 13.3. The van der Waals surface area contributed by atoms with E-state index in [1.807, 2.05) is 0 Å². The van der Waals surface area contributed by atoms with Crippen LogP contribution in [0.25, 0.3) is 0 Å². The standard InChI is InChI=1S/C14H11BrFNO3/c1-9-7-11(5-6-13(9)17(18)19)20-8-10-3-2-4-12(16)14(10)15/h2-7H,8H2,1H3. The second kappa shape index (κ2) is 6.00. The maximum Gasteiger partial charge on any atom is 0.272 e. The predicted molar refractivity (Wildman–Crippen MR) is 76.3 cm³/mol. The summed E-state index contributed by atoms with van der Waals surface area (Å²) in [7, 11) is 0. The number of nitrogens with zero attached hydrogens (tertiary/aromatic N) is 1. The summed E-state index contributed by atoms with van der Waals surface area (Å²) in [6.07, 6.45) is 0. The minimum atomic E-state index is -0.442. The van der Waals surface area contributed by atoms with Gasteiger partial charge in [-0.3, -0.25) is 10.1 Å². The molecular formula is C14H11BrFNO3. The van der Waals surface area contributed by atoms with Gasteiger partial charge in [0, 0.05) is 17.2 Å². The summed E-state index contributed by atoms with van der Waals surface area (Å²) in [6, 6.07) is 9.20. The molecule has 2 aromatic carbocycles. The molecule has 0 fully saturated rings. The Morgan fingerprint density at radius 2 is 2.10 bits per heavy atom. The summed E-state index contributed by atoms with van der Waals surface area (Å²) in [5, 5.41) is 10.7. The summed E-state index contributed by atoms with van der Waals surface area (Å²) >= 11 is 3.15. The van der Waals surface area contributed by atoms with Gasteiger partial charge in [-0.05, 0) is 41.1 Å². The van der Waals surface area contributed by atoms with Crippen molar-refractivity contribution in [1.82, 2.24) is 0 Å². The Labute approximate surface area is 123 Å². The Bertz CT molecular complexity index is 661. The van der Waals surface area contributed by atoms with E-state index in [0.717, 1.165) is 0 Å². The van der Waals surface area contributed by atoms with Gasteiger partial charge >= 0.3 is 0 Å². The van der Waals surface area contributed by atoms with Gasteiger partial charge in [0.05, 0.1) is 9.40 Å². The van der Waals surface area contributed by atoms with Crippen LogP contribution in [0.3, 0.4) is 0 Å². The number of hydrogen-bond acceptors (Lipinski definition) is 3. The van der Waals surface area contributed by atoms with Gasteiger partial charge in [-0.1, -0.05) is 12.1 Å². The summed E-state index contributed by atoms with van der Waals surface area (Å²) in [5.41, 5.74) is 1.23. The van der Waals surface area contributed by atoms with Gasteiger partial charge in [-0.25, -0.2) is 4.39 Å². The summed E-state index contributed by atoms with van der Waals surface area (Å²) in [5.74, 6) is 0.148. The highest BCUT2D eigenvalue weighted by molar-refractivity contribution is 9.10. The summed E-state index contributed by atoms with van der Waals surface area (Å²) in [6.45, 7) is 1.82. The zero-order valence-electron chi connectivity index (χ0n) is 10.6. The van der Waals surface area contributed by atoms with Gasteiger partial charge in [0.15, 0.2) is 0 Å². The van der Waals surface area contributed by atoms with E-state index < -0.39 is 4.92 Å². The Balaban J connectivity index is 2.13. The maximum atomic E-state index is 13.3. The minimum Gasteiger partial charge on any atom is -0.489 e. The van der Waals surface area contributed by atoms with E-state index in [9.17, 15) is 14.5 Å². The molecule has 0 radical (unpaired) electrons. The van der Waals surface area contributed by atoms with Gasteiger partial charge in [0.2, 0.25) is 0 Å². The first-order valence-corrected chi connectivity index (χ1v) is 6.59. The van der Waals surface area contributed by atoms with E-state index in [1.54, 1.807) is 25.1 Å². The molecule has 0 aliphatic rings. The third-order valence-corrected chi connectivity index (χ3v) is 3.68. The SMILES string of the molecule is Cc1cc(OCc2cccc(F)c2Br)ccc1[N+](=O)[O-]. The van der Waals surface area contributed by atoms with Crippen molar-refractivity contribution in [2.24, 2.45) is 0 Å². The van der Waals surface area contributed by atoms with Crippen LogP contribution in [-0.4, -0.2) is 4.92 Å². The predicted octanol–water partition coefficient (Wildman–Crippen LogP) is 4.38. The van der Waals surface area contributed by atoms with Crippen LogP contribution in [0.1, 0.15) is 11.1 Å². The fourth-order valence-electron chi connectivity index (χ4n) is 1.74. The zero-order valence-corrected chi connectivity index (χ0v) is 12.2. The Kier molecular flexibility index (Phi) is 4.34. The molecule has 0 spiro atoms. The number of ether oxygens (including phenoxy) is 1. The van der Waals surface area contributed by atoms with E-state index in [1.165, 1.54) is 18.2 Å². The molecule has 104 valence electrons. The van der Waals surface area contributed by atoms with E-state index in [0.29, 0.717) is 21.3 Å². The van der Waals surface area contributed by atoms with E-state index in [2.05, 4.69) is 15.9 Å². The molecule has 20 heavy (non-hydrogen) atoms. The highest BCUT2D eigenvalue weighted by Gasteiger charge is 2.11. The first-order chi connectivity index (χ1) is 9.49. The third kappa shape index (κ3) is 3.14. The molecule has 2 aromatic rings. The lowest BCUT2D eigenvalue weighted by atomic mass is 10.2. The fraction of sp³-hybridized carbons (Fsp3) is 0.143. The second-order valence-electron chi connectivity index (χ2n) is 4.21. The molecule has 0 amide bonds. The van der Waals surface area contributed by atoms with Gasteiger partial charge < -0.3 is 4.74 Å². The molecule has 0 unspecified atom stereocenters. The average molecular weight is 340 g/mol. The number of halogens is 2. The number of benzene rings is 2. The molecule has 2 rings (SSSR count). The second-order valence-corrected chi connectivity index (χ2v) is 5.00. The molecule has 0 saturated heterocycles. The van der Waals surface area contributed by atoms with Crippen LogP contribution in [0.2, 0.25) is 0 Å². The fourth-order valence-corrected chi connectivity index (χ4v) is 2.12. The number of rotatable bonds is 4. The van der Waals surface area contributed by atoms with Gasteiger partial charge in [0.1, 0.15) is 18.2 Å². The van der Waals surface area contributed by atoms with Crippen LogP contribution in [0, 0.1) is 22.9 Å². The first-order valence-electron chi connectivity index (χ1n) is 5.80. The monoisotopic (exact) mass is 339 g/mol. The largest absolute Gasteiger partial charge is 0.489 e. The molecule has 0 aromatic heterocycles. The Hall–Kier alpha value is -1.95. The van der Waals surface area contributed by atoms with Crippen molar-refractivity contribution in [2.75, 3.05) is 0 Å². The van der Waals surface area contributed by atoms with Crippen molar-refractivity contribution in [3.63, 3.8) is 0 Å². The summed E-state index contributed by atoms with van der Waals surface area (Å²) in [4.78, 5) is 10.3. The topological polar surface area (TPSA) is 52.4 Å². The number of aryl methyl sites for hydroxylation is 1. The van der Waals surface area contributed by atoms with Crippen molar-refractivity contribution in [2.45, 2.75) is 13.5 Å². The quantitative estimate of drug-likeness (QED) is 0.613. The zero-order chi connectivity index (χ0) is 14.7. The highest BCUT2D eigenvalue weighted by atomic mass is 79.9. The molecule has 0 bridgehead atoms. The van der Waals surface area contributed by atoms with Crippen molar-refractivity contribution >= 4 is 21.6 Å². The van der Waals surface area contributed by atoms with E-state index in [-0.39, 0.29) is 18.1 Å². The Morgan fingerprint density at radius 1 is 1.35 bits per heavy atom. The minimum absolute atomic E-state index is 0.0456. The van der Waals surface area contributed by atoms with Crippen LogP contribution in [0.5, 0.6) is 5.75 Å². The van der Waals surface area contributed by atoms with Crippen molar-refractivity contribution < 1.29 is 14.1 Å². The Morgan fingerprint density at radius 3 is 2.75 bits per heavy atom. The average Bonchev–Trinajstić information content (AvgIpc) is 2.40. The number of nitro benzene ring substituents is 1. The molecular weight excluding hydrogens is 329 g/mol. The third-order valence-electron chi connectivity index (χ3n) is 2.79. The lowest BCUT2D eigenvalue weighted by molar-refractivity contribution is -0.385. The van der Waals surface area contributed by atoms with Gasteiger partial charge in [-0.2, -0.15) is 0 Å². The molecule has 0 aliphatic heterocycles. The molecule has 0 N–H and O–H groups in total. The van der Waals surface area contributed by atoms with Crippen LogP contribution in [0.4, 0.5) is 10.1 Å². The summed E-state index contributed by atoms with van der Waals surface area (Å²) < 4.78 is 19.2. The van der Waals surface area contributed by atoms with E-state index >= 15 is 0 Å². The van der Waals surface area contributed by atoms with Crippen molar-refractivity contribution in [3.05, 3.63) is 67.9 Å². The molecule has 0 saturated carbocycles. The first kappa shape index (κ1) is 14.5. The van der Waals surface area contributed by atoms with Crippen molar-refractivity contribution in [3.8, 4) is 5.75 Å². The van der Waals surface area contributed by atoms with Crippen molar-refractivity contribution in [1.29, 1.82) is 0 Å². The lowest BCUT2D eigenvalue weighted by Crippen LogP contribution is -1.99. The molecule has 0 aliphatic carbocycles. The molecule has 6 heteroatoms. The van der Waals surface area contributed by atoms with Gasteiger partial charge in [0.25, 0.3) is 5.69 Å². The van der Waals surface area contributed by atoms with Gasteiger partial charge in [-0.15, -0.1) is 0 Å². The smallest absolute Gasteiger partial charge is 0.272 e. The number of hydrogen-bond donors (Lipinski definition) is 0. The van der Waals surface area contributed by atoms with E-state index in [4.69, 9.17) is 4.74 Å². The molecule has 0 heterocycles. The van der Waals surface area contributed by atoms with Crippen LogP contribution >= 0.6 is 15.9 Å². The highest BCUT2D eigenvalue weighted by Crippen LogP contribution is 2.25. The van der Waals surface area contributed by atoms with Crippen LogP contribution in [-0.2, 0) is 6.61 Å². The number of nitro groups is 1. The van der Waals surface area contributed by atoms with Crippen LogP contribution < -0.4 is 4.74 Å². The lowest BCUT2D eigenvalue weighted by Gasteiger charge is -2.09.